The number of carboxylic acid groups (broad SMARTS) is 1. The number of nitrogens with zero attached hydrogens (tertiary/aromatic N) is 4. The topological polar surface area (TPSA) is 441 Å². The zero-order valence-electron chi connectivity index (χ0n) is 29.5. The number of carboxylic acids is 1. The van der Waals surface area contributed by atoms with Gasteiger partial charge in [0, 0.05) is 30.7 Å². The van der Waals surface area contributed by atoms with Crippen LogP contribution in [0.4, 0.5) is 5.82 Å². The van der Waals surface area contributed by atoms with Crippen molar-refractivity contribution in [2.75, 3.05) is 37.8 Å². The number of phosphoric ester groups is 3. The summed E-state index contributed by atoms with van der Waals surface area (Å²) < 4.78 is 61.8. The molecule has 3 heterocycles. The molecule has 28 nitrogen and oxygen atoms in total. The molecule has 322 valence electrons. The van der Waals surface area contributed by atoms with E-state index in [0.717, 1.165) is 17.2 Å². The summed E-state index contributed by atoms with van der Waals surface area (Å²) in [6.45, 7) is -0.189. The highest BCUT2D eigenvalue weighted by atomic mass is 32.2. The van der Waals surface area contributed by atoms with E-state index >= 15 is 0 Å². The van der Waals surface area contributed by atoms with Crippen LogP contribution < -0.4 is 16.4 Å². The Hall–Kier alpha value is -3.05. The minimum absolute atomic E-state index is 0.00786. The quantitative estimate of drug-likeness (QED) is 0.0402. The largest absolute Gasteiger partial charge is 0.481 e. The molecule has 2 aromatic rings. The van der Waals surface area contributed by atoms with Crippen LogP contribution >= 0.6 is 35.2 Å². The molecule has 32 heteroatoms. The fourth-order valence-corrected chi connectivity index (χ4v) is 8.17. The van der Waals surface area contributed by atoms with Gasteiger partial charge in [0.1, 0.15) is 36.3 Å². The SMILES string of the molecule is CC(C)(COP(=O)(O)OP(=O)(O)OC[C@H]1O[C@@H](n2cnc3c(N)ncnc32)[C@H](O)[C@@H]1OP(=O)(O)O)[C@@H](O)C(=O)NCCC(=O)NCCSC(=O)[C@H](O)[C@@H](O)C(=O)O. The number of hydrogen-bond donors (Lipinski definition) is 12. The van der Waals surface area contributed by atoms with E-state index in [4.69, 9.17) is 24.6 Å². The van der Waals surface area contributed by atoms with Crippen LogP contribution in [-0.4, -0.2) is 156 Å². The van der Waals surface area contributed by atoms with Gasteiger partial charge in [-0.3, -0.25) is 32.5 Å². The first-order valence-electron chi connectivity index (χ1n) is 15.9. The number of anilines is 1. The normalized spacial score (nSPS) is 22.6. The zero-order chi connectivity index (χ0) is 43.1. The number of amides is 2. The van der Waals surface area contributed by atoms with Crippen molar-refractivity contribution >= 4 is 75.1 Å². The van der Waals surface area contributed by atoms with Crippen LogP contribution in [0.25, 0.3) is 11.2 Å². The lowest BCUT2D eigenvalue weighted by Crippen LogP contribution is -2.46. The van der Waals surface area contributed by atoms with Crippen molar-refractivity contribution in [2.24, 2.45) is 5.41 Å². The summed E-state index contributed by atoms with van der Waals surface area (Å²) in [7, 11) is -16.5. The number of aliphatic hydroxyl groups excluding tert-OH is 4. The molecule has 2 amide bonds. The van der Waals surface area contributed by atoms with E-state index < -0.39 is 108 Å². The van der Waals surface area contributed by atoms with E-state index in [9.17, 15) is 72.9 Å². The Morgan fingerprint density at radius 1 is 1.00 bits per heavy atom. The summed E-state index contributed by atoms with van der Waals surface area (Å²) in [6, 6.07) is 0. The third-order valence-corrected chi connectivity index (χ3v) is 11.6. The average Bonchev–Trinajstić information content (AvgIpc) is 3.67. The maximum absolute atomic E-state index is 12.6. The number of aliphatic carboxylic acids is 1. The number of nitrogens with one attached hydrogen (secondary N) is 2. The Morgan fingerprint density at radius 2 is 1.65 bits per heavy atom. The molecular formula is C25H40N7O21P3S. The number of phosphoric acid groups is 3. The number of carbonyl (C=O) groups excluding carboxylic acids is 3. The number of fused-ring (bicyclic) bond motifs is 1. The highest BCUT2D eigenvalue weighted by molar-refractivity contribution is 8.13. The summed E-state index contributed by atoms with van der Waals surface area (Å²) in [5, 5.41) is 52.2. The molecule has 9 atom stereocenters. The standard InChI is InChI=1S/C25H40N7O21P3S/c1-25(2,18(37)21(38)28-4-3-12(33)27-5-6-57-24(41)15(35)14(34)23(39)40)8-50-56(47,48)53-55(45,46)49-7-11-17(52-54(42,43)44)16(36)22(51-11)32-10-31-13-19(26)29-9-30-20(13)32/h9-11,14-18,22,34-37H,3-8H2,1-2H3,(H,27,33)(H,28,38)(H,39,40)(H,45,46)(H,47,48)(H2,26,29,30)(H2,42,43,44)/t11-,14-,15-,16-,17-,18+,22-/m1/s1. The lowest BCUT2D eigenvalue weighted by atomic mass is 9.87. The molecule has 0 aliphatic carbocycles. The summed E-state index contributed by atoms with van der Waals surface area (Å²) in [6.07, 6.45) is -11.8. The Balaban J connectivity index is 1.48. The molecule has 57 heavy (non-hydrogen) atoms. The van der Waals surface area contributed by atoms with Crippen LogP contribution in [0.5, 0.6) is 0 Å². The van der Waals surface area contributed by atoms with Gasteiger partial charge in [-0.25, -0.2) is 33.4 Å². The molecule has 2 aromatic heterocycles. The van der Waals surface area contributed by atoms with Crippen LogP contribution in [0.3, 0.4) is 0 Å². The zero-order valence-corrected chi connectivity index (χ0v) is 33.0. The van der Waals surface area contributed by atoms with Crippen LogP contribution in [0, 0.1) is 5.41 Å². The van der Waals surface area contributed by atoms with E-state index in [1.165, 1.54) is 13.8 Å². The van der Waals surface area contributed by atoms with Crippen molar-refractivity contribution in [3.05, 3.63) is 12.7 Å². The Bertz CT molecular complexity index is 1920. The molecule has 1 fully saturated rings. The third kappa shape index (κ3) is 14.0. The van der Waals surface area contributed by atoms with E-state index in [0.29, 0.717) is 11.8 Å². The molecule has 0 spiro atoms. The predicted octanol–water partition coefficient (Wildman–Crippen LogP) is -3.53. The van der Waals surface area contributed by atoms with E-state index in [1.54, 1.807) is 0 Å². The Kier molecular flexibility index (Phi) is 16.8. The Morgan fingerprint density at radius 3 is 2.28 bits per heavy atom. The first kappa shape index (κ1) is 48.3. The van der Waals surface area contributed by atoms with Crippen molar-refractivity contribution in [1.29, 1.82) is 0 Å². The van der Waals surface area contributed by atoms with E-state index in [1.807, 2.05) is 0 Å². The van der Waals surface area contributed by atoms with Crippen LogP contribution in [-0.2, 0) is 55.5 Å². The second-order valence-corrected chi connectivity index (χ2v) is 17.8. The van der Waals surface area contributed by atoms with Gasteiger partial charge >= 0.3 is 29.4 Å². The highest BCUT2D eigenvalue weighted by Gasteiger charge is 2.50. The van der Waals surface area contributed by atoms with E-state index in [-0.39, 0.29) is 42.2 Å². The number of aliphatic hydroxyl groups is 4. The number of ether oxygens (including phenoxy) is 1. The van der Waals surface area contributed by atoms with Crippen LogP contribution in [0.15, 0.2) is 12.7 Å². The van der Waals surface area contributed by atoms with Crippen LogP contribution in [0.1, 0.15) is 26.5 Å². The van der Waals surface area contributed by atoms with Gasteiger partial charge in [0.25, 0.3) is 0 Å². The second-order valence-electron chi connectivity index (χ2n) is 12.5. The molecule has 1 aliphatic heterocycles. The van der Waals surface area contributed by atoms with Gasteiger partial charge in [0.15, 0.2) is 29.9 Å². The van der Waals surface area contributed by atoms with Gasteiger partial charge < -0.3 is 66.2 Å². The number of aromatic nitrogens is 4. The van der Waals surface area contributed by atoms with Crippen molar-refractivity contribution in [3.63, 3.8) is 0 Å². The minimum Gasteiger partial charge on any atom is -0.479 e. The number of hydrogen-bond acceptors (Lipinski definition) is 21. The lowest BCUT2D eigenvalue weighted by Gasteiger charge is -2.30. The van der Waals surface area contributed by atoms with Gasteiger partial charge in [-0.1, -0.05) is 25.6 Å². The minimum atomic E-state index is -5.61. The summed E-state index contributed by atoms with van der Waals surface area (Å²) >= 11 is 0.451. The summed E-state index contributed by atoms with van der Waals surface area (Å²) in [4.78, 5) is 97.6. The molecule has 0 bridgehead atoms. The molecule has 13 N–H and O–H groups in total. The van der Waals surface area contributed by atoms with Gasteiger partial charge in [0.2, 0.25) is 16.9 Å². The van der Waals surface area contributed by atoms with E-state index in [2.05, 4.69) is 34.4 Å². The second kappa shape index (κ2) is 19.8. The smallest absolute Gasteiger partial charge is 0.479 e. The fourth-order valence-electron chi connectivity index (χ4n) is 4.63. The highest BCUT2D eigenvalue weighted by Crippen LogP contribution is 2.61. The van der Waals surface area contributed by atoms with Gasteiger partial charge in [-0.15, -0.1) is 0 Å². The molecular weight excluding hydrogens is 859 g/mol. The van der Waals surface area contributed by atoms with Crippen molar-refractivity contribution in [1.82, 2.24) is 30.2 Å². The summed E-state index contributed by atoms with van der Waals surface area (Å²) in [5.74, 6) is -3.67. The molecule has 0 aromatic carbocycles. The molecule has 2 unspecified atom stereocenters. The summed E-state index contributed by atoms with van der Waals surface area (Å²) in [5.41, 5.74) is 4.13. The number of nitrogens with two attached hydrogens (primary N) is 1. The lowest BCUT2D eigenvalue weighted by molar-refractivity contribution is -0.155. The van der Waals surface area contributed by atoms with Gasteiger partial charge in [-0.2, -0.15) is 4.31 Å². The molecule has 3 rings (SSSR count). The molecule has 1 aliphatic rings. The van der Waals surface area contributed by atoms with Gasteiger partial charge in [0.05, 0.1) is 19.5 Å². The van der Waals surface area contributed by atoms with Gasteiger partial charge in [-0.05, 0) is 0 Å². The van der Waals surface area contributed by atoms with Crippen molar-refractivity contribution in [2.45, 2.75) is 63.1 Å². The fraction of sp³-hybridized carbons (Fsp3) is 0.640. The molecule has 0 radical (unpaired) electrons. The number of rotatable bonds is 22. The van der Waals surface area contributed by atoms with Crippen LogP contribution in [0.2, 0.25) is 0 Å². The number of thioether (sulfide) groups is 1. The van der Waals surface area contributed by atoms with Crippen molar-refractivity contribution in [3.8, 4) is 0 Å². The van der Waals surface area contributed by atoms with Crippen molar-refractivity contribution < 1.29 is 101 Å². The number of nitrogen functional groups attached to an aromatic ring is 1. The maximum Gasteiger partial charge on any atom is 0.481 e. The Labute approximate surface area is 324 Å². The first-order chi connectivity index (χ1) is 26.2. The maximum atomic E-state index is 12.6. The molecule has 1 saturated heterocycles. The predicted molar refractivity (Wildman–Crippen MR) is 187 cm³/mol. The molecule has 0 saturated carbocycles. The third-order valence-electron chi connectivity index (χ3n) is 7.54. The monoisotopic (exact) mass is 899 g/mol. The number of imidazole rings is 1. The first-order valence-corrected chi connectivity index (χ1v) is 21.4. The number of carbonyl (C=O) groups is 4. The average molecular weight is 900 g/mol.